The number of ether oxygens (including phenoxy) is 2. The zero-order valence-corrected chi connectivity index (χ0v) is 11.2. The Morgan fingerprint density at radius 2 is 1.83 bits per heavy atom. The Morgan fingerprint density at radius 3 is 2.22 bits per heavy atom. The third-order valence-corrected chi connectivity index (χ3v) is 3.50. The van der Waals surface area contributed by atoms with Gasteiger partial charge in [0.05, 0.1) is 14.2 Å². The molecule has 0 aliphatic heterocycles. The molecule has 0 saturated carbocycles. The summed E-state index contributed by atoms with van der Waals surface area (Å²) in [5.74, 6) is -0.976. The number of hydrogen-bond donors (Lipinski definition) is 1. The second-order valence-electron chi connectivity index (χ2n) is 3.66. The van der Waals surface area contributed by atoms with E-state index >= 15 is 0 Å². The Labute approximate surface area is 105 Å². The molecular weight excluding hydrogens is 263 g/mol. The first-order valence-corrected chi connectivity index (χ1v) is 7.00. The average molecular weight is 278 g/mol. The van der Waals surface area contributed by atoms with Gasteiger partial charge in [0.25, 0.3) is 0 Å². The lowest BCUT2D eigenvalue weighted by molar-refractivity contribution is 0.293. The maximum atomic E-state index is 13.8. The zero-order chi connectivity index (χ0) is 13.9. The highest BCUT2D eigenvalue weighted by Crippen LogP contribution is 2.39. The van der Waals surface area contributed by atoms with Crippen LogP contribution in [-0.4, -0.2) is 40.6 Å². The first kappa shape index (κ1) is 14.7. The van der Waals surface area contributed by atoms with E-state index in [1.807, 2.05) is 0 Å². The van der Waals surface area contributed by atoms with E-state index in [4.69, 9.17) is 14.6 Å². The molecule has 0 amide bonds. The summed E-state index contributed by atoms with van der Waals surface area (Å²) in [5, 5.41) is 8.89. The first-order valence-electron chi connectivity index (χ1n) is 5.11. The zero-order valence-electron chi connectivity index (χ0n) is 10.4. The van der Waals surface area contributed by atoms with Crippen LogP contribution in [0.4, 0.5) is 4.39 Å². The van der Waals surface area contributed by atoms with Gasteiger partial charge < -0.3 is 14.6 Å². The van der Waals surface area contributed by atoms with Crippen molar-refractivity contribution >= 4 is 9.84 Å². The highest BCUT2D eigenvalue weighted by molar-refractivity contribution is 7.90. The molecule has 0 saturated heterocycles. The molecule has 102 valence electrons. The van der Waals surface area contributed by atoms with Gasteiger partial charge in [0.15, 0.2) is 21.3 Å². The summed E-state index contributed by atoms with van der Waals surface area (Å²) in [6.07, 6.45) is 1.03. The minimum atomic E-state index is -3.78. The number of aliphatic hydroxyl groups excluding tert-OH is 1. The van der Waals surface area contributed by atoms with Crippen molar-refractivity contribution < 1.29 is 27.4 Å². The van der Waals surface area contributed by atoms with Crippen molar-refractivity contribution in [3.63, 3.8) is 0 Å². The Balaban J connectivity index is 3.66. The van der Waals surface area contributed by atoms with Gasteiger partial charge in [-0.05, 0) is 12.5 Å². The molecule has 1 N–H and O–H groups in total. The molecule has 0 fully saturated rings. The fourth-order valence-corrected chi connectivity index (χ4v) is 2.63. The number of aliphatic hydroxyl groups is 1. The number of methoxy groups -OCH3 is 2. The fraction of sp³-hybridized carbons (Fsp3) is 0.455. The van der Waals surface area contributed by atoms with Crippen LogP contribution in [0.2, 0.25) is 0 Å². The summed E-state index contributed by atoms with van der Waals surface area (Å²) in [6, 6.07) is 1.04. The molecule has 1 rings (SSSR count). The van der Waals surface area contributed by atoms with E-state index in [1.165, 1.54) is 14.2 Å². The average Bonchev–Trinajstić information content (AvgIpc) is 2.26. The van der Waals surface area contributed by atoms with Gasteiger partial charge in [-0.3, -0.25) is 0 Å². The van der Waals surface area contributed by atoms with Gasteiger partial charge in [-0.25, -0.2) is 12.8 Å². The molecule has 0 radical (unpaired) electrons. The summed E-state index contributed by atoms with van der Waals surface area (Å²) < 4.78 is 46.9. The molecule has 0 aliphatic carbocycles. The van der Waals surface area contributed by atoms with Crippen LogP contribution >= 0.6 is 0 Å². The molecule has 0 aromatic heterocycles. The van der Waals surface area contributed by atoms with Gasteiger partial charge in [-0.15, -0.1) is 0 Å². The summed E-state index contributed by atoms with van der Waals surface area (Å²) in [6.45, 7) is -0.211. The number of hydrogen-bond acceptors (Lipinski definition) is 5. The minimum Gasteiger partial charge on any atom is -0.493 e. The predicted octanol–water partition coefficient (Wildman–Crippen LogP) is 0.781. The molecule has 1 aromatic carbocycles. The maximum absolute atomic E-state index is 13.8. The lowest BCUT2D eigenvalue weighted by atomic mass is 10.1. The fourth-order valence-electron chi connectivity index (χ4n) is 1.70. The lowest BCUT2D eigenvalue weighted by Gasteiger charge is -2.16. The van der Waals surface area contributed by atoms with E-state index in [2.05, 4.69) is 0 Å². The molecule has 0 spiro atoms. The standard InChI is InChI=1S/C11H15FO5S/c1-16-9-7(4-5-13)6-8(12)11(10(9)17-2)18(3,14)15/h6,13H,4-5H2,1-3H3. The van der Waals surface area contributed by atoms with E-state index in [1.54, 1.807) is 0 Å². The minimum absolute atomic E-state index is 0.119. The predicted molar refractivity (Wildman–Crippen MR) is 63.4 cm³/mol. The van der Waals surface area contributed by atoms with Crippen LogP contribution in [0.1, 0.15) is 5.56 Å². The molecule has 1 aromatic rings. The molecule has 0 atom stereocenters. The molecular formula is C11H15FO5S. The Hall–Kier alpha value is -1.34. The van der Waals surface area contributed by atoms with Gasteiger partial charge >= 0.3 is 0 Å². The van der Waals surface area contributed by atoms with Crippen molar-refractivity contribution in [2.45, 2.75) is 11.3 Å². The van der Waals surface area contributed by atoms with E-state index in [9.17, 15) is 12.8 Å². The van der Waals surface area contributed by atoms with Crippen LogP contribution in [-0.2, 0) is 16.3 Å². The van der Waals surface area contributed by atoms with E-state index < -0.39 is 20.5 Å². The van der Waals surface area contributed by atoms with Gasteiger partial charge in [-0.2, -0.15) is 0 Å². The smallest absolute Gasteiger partial charge is 0.182 e. The SMILES string of the molecule is COc1c(CCO)cc(F)c(S(C)(=O)=O)c1OC. The Bertz CT molecular complexity index is 539. The van der Waals surface area contributed by atoms with Crippen molar-refractivity contribution in [2.75, 3.05) is 27.1 Å². The molecule has 0 aliphatic rings. The molecule has 0 unspecified atom stereocenters. The molecule has 0 heterocycles. The van der Waals surface area contributed by atoms with Gasteiger partial charge in [0.2, 0.25) is 0 Å². The topological polar surface area (TPSA) is 72.8 Å². The van der Waals surface area contributed by atoms with E-state index in [-0.39, 0.29) is 24.5 Å². The third-order valence-electron chi connectivity index (χ3n) is 2.38. The van der Waals surface area contributed by atoms with Gasteiger partial charge in [0.1, 0.15) is 10.7 Å². The summed E-state index contributed by atoms with van der Waals surface area (Å²) in [4.78, 5) is -0.538. The van der Waals surface area contributed by atoms with Crippen LogP contribution in [0.25, 0.3) is 0 Å². The van der Waals surface area contributed by atoms with Gasteiger partial charge in [-0.1, -0.05) is 0 Å². The van der Waals surface area contributed by atoms with Crippen LogP contribution in [0, 0.1) is 5.82 Å². The normalized spacial score (nSPS) is 11.4. The van der Waals surface area contributed by atoms with Crippen LogP contribution in [0.15, 0.2) is 11.0 Å². The second-order valence-corrected chi connectivity index (χ2v) is 5.61. The monoisotopic (exact) mass is 278 g/mol. The third kappa shape index (κ3) is 2.73. The Morgan fingerprint density at radius 1 is 1.28 bits per heavy atom. The van der Waals surface area contributed by atoms with Crippen molar-refractivity contribution in [3.8, 4) is 11.5 Å². The van der Waals surface area contributed by atoms with Crippen molar-refractivity contribution in [3.05, 3.63) is 17.4 Å². The molecule has 0 bridgehead atoms. The van der Waals surface area contributed by atoms with Gasteiger partial charge in [0, 0.05) is 18.4 Å². The lowest BCUT2D eigenvalue weighted by Crippen LogP contribution is -2.08. The van der Waals surface area contributed by atoms with Crippen molar-refractivity contribution in [1.82, 2.24) is 0 Å². The highest BCUT2D eigenvalue weighted by atomic mass is 32.2. The van der Waals surface area contributed by atoms with Crippen molar-refractivity contribution in [2.24, 2.45) is 0 Å². The molecule has 5 nitrogen and oxygen atoms in total. The second kappa shape index (κ2) is 5.53. The van der Waals surface area contributed by atoms with Crippen molar-refractivity contribution in [1.29, 1.82) is 0 Å². The van der Waals surface area contributed by atoms with Crippen LogP contribution in [0.3, 0.4) is 0 Å². The maximum Gasteiger partial charge on any atom is 0.182 e. The highest BCUT2D eigenvalue weighted by Gasteiger charge is 2.26. The largest absolute Gasteiger partial charge is 0.493 e. The number of rotatable bonds is 5. The number of halogens is 1. The van der Waals surface area contributed by atoms with E-state index in [0.29, 0.717) is 5.56 Å². The Kier molecular flexibility index (Phi) is 4.53. The first-order chi connectivity index (χ1) is 8.36. The summed E-state index contributed by atoms with van der Waals surface area (Å²) in [7, 11) is -1.23. The summed E-state index contributed by atoms with van der Waals surface area (Å²) in [5.41, 5.74) is 0.349. The summed E-state index contributed by atoms with van der Waals surface area (Å²) >= 11 is 0. The van der Waals surface area contributed by atoms with Crippen LogP contribution in [0.5, 0.6) is 11.5 Å². The number of benzene rings is 1. The molecule has 18 heavy (non-hydrogen) atoms. The van der Waals surface area contributed by atoms with E-state index in [0.717, 1.165) is 12.3 Å². The quantitative estimate of drug-likeness (QED) is 0.861. The number of sulfone groups is 1. The molecule has 7 heteroatoms. The van der Waals surface area contributed by atoms with Crippen LogP contribution < -0.4 is 9.47 Å².